The maximum Gasteiger partial charge on any atom is 0.313 e. The summed E-state index contributed by atoms with van der Waals surface area (Å²) in [5, 5.41) is 2.69. The standard InChI is InChI=1S/C20H28N2O4/c1-19(2)9-14-10-20(3,11-19)12-22(14)18(24)17(23)21-13-6-7-15(25-4)16(8-13)26-5/h6-8,14H,9-12H2,1-5H3,(H,21,23). The SMILES string of the molecule is COc1ccc(NC(=O)C(=O)N2CC3(C)CC2CC(C)(C)C3)cc1OC. The predicted octanol–water partition coefficient (Wildman–Crippen LogP) is 3.07. The van der Waals surface area contributed by atoms with Crippen molar-refractivity contribution in [3.8, 4) is 11.5 Å². The van der Waals surface area contributed by atoms with Crippen molar-refractivity contribution < 1.29 is 19.1 Å². The first-order valence-corrected chi connectivity index (χ1v) is 9.00. The lowest BCUT2D eigenvalue weighted by molar-refractivity contribution is -0.144. The monoisotopic (exact) mass is 360 g/mol. The lowest BCUT2D eigenvalue weighted by Crippen LogP contribution is -2.43. The van der Waals surface area contributed by atoms with Gasteiger partial charge in [-0.05, 0) is 42.2 Å². The summed E-state index contributed by atoms with van der Waals surface area (Å²) in [5.74, 6) is 0.0155. The van der Waals surface area contributed by atoms with Crippen LogP contribution in [-0.4, -0.2) is 43.5 Å². The molecule has 1 aliphatic heterocycles. The number of ether oxygens (including phenoxy) is 2. The molecule has 0 spiro atoms. The van der Waals surface area contributed by atoms with Crippen LogP contribution in [0.5, 0.6) is 11.5 Å². The second-order valence-electron chi connectivity index (χ2n) is 8.67. The Bertz CT molecular complexity index is 731. The third-order valence-electron chi connectivity index (χ3n) is 5.51. The molecular weight excluding hydrogens is 332 g/mol. The van der Waals surface area contributed by atoms with Gasteiger partial charge in [0, 0.05) is 24.3 Å². The minimum Gasteiger partial charge on any atom is -0.493 e. The minimum atomic E-state index is -0.605. The van der Waals surface area contributed by atoms with Gasteiger partial charge in [0.05, 0.1) is 14.2 Å². The molecule has 3 rings (SSSR count). The first-order valence-electron chi connectivity index (χ1n) is 9.00. The van der Waals surface area contributed by atoms with Gasteiger partial charge < -0.3 is 19.7 Å². The first-order chi connectivity index (χ1) is 12.2. The van der Waals surface area contributed by atoms with E-state index in [9.17, 15) is 9.59 Å². The average Bonchev–Trinajstić information content (AvgIpc) is 2.82. The summed E-state index contributed by atoms with van der Waals surface area (Å²) in [6, 6.07) is 5.19. The molecule has 1 saturated heterocycles. The number of hydrogen-bond acceptors (Lipinski definition) is 4. The second-order valence-corrected chi connectivity index (χ2v) is 8.67. The van der Waals surface area contributed by atoms with Gasteiger partial charge in [0.1, 0.15) is 0 Å². The van der Waals surface area contributed by atoms with Gasteiger partial charge in [0.25, 0.3) is 0 Å². The van der Waals surface area contributed by atoms with Gasteiger partial charge in [0.15, 0.2) is 11.5 Å². The molecule has 1 aromatic rings. The maximum absolute atomic E-state index is 12.8. The van der Waals surface area contributed by atoms with Crippen molar-refractivity contribution in [2.45, 2.75) is 46.1 Å². The Labute approximate surface area is 154 Å². The predicted molar refractivity (Wildman–Crippen MR) is 99.4 cm³/mol. The Morgan fingerprint density at radius 1 is 1.12 bits per heavy atom. The molecule has 2 fully saturated rings. The first kappa shape index (κ1) is 18.5. The van der Waals surface area contributed by atoms with Crippen LogP contribution >= 0.6 is 0 Å². The normalized spacial score (nSPS) is 26.3. The van der Waals surface area contributed by atoms with E-state index in [1.807, 2.05) is 0 Å². The molecule has 0 radical (unpaired) electrons. The lowest BCUT2D eigenvalue weighted by Gasteiger charge is -2.39. The van der Waals surface area contributed by atoms with Crippen molar-refractivity contribution in [3.63, 3.8) is 0 Å². The molecule has 26 heavy (non-hydrogen) atoms. The molecule has 2 unspecified atom stereocenters. The smallest absolute Gasteiger partial charge is 0.313 e. The molecule has 2 bridgehead atoms. The molecule has 1 aromatic carbocycles. The molecule has 6 heteroatoms. The van der Waals surface area contributed by atoms with Crippen LogP contribution in [0.25, 0.3) is 0 Å². The number of fused-ring (bicyclic) bond motifs is 2. The highest BCUT2D eigenvalue weighted by Crippen LogP contribution is 2.52. The van der Waals surface area contributed by atoms with Gasteiger partial charge in [-0.25, -0.2) is 0 Å². The summed E-state index contributed by atoms with van der Waals surface area (Å²) >= 11 is 0. The summed E-state index contributed by atoms with van der Waals surface area (Å²) in [5.41, 5.74) is 0.813. The maximum atomic E-state index is 12.8. The highest BCUT2D eigenvalue weighted by molar-refractivity contribution is 6.39. The number of likely N-dealkylation sites (tertiary alicyclic amines) is 1. The minimum absolute atomic E-state index is 0.103. The van der Waals surface area contributed by atoms with Crippen LogP contribution in [0, 0.1) is 10.8 Å². The van der Waals surface area contributed by atoms with Crippen molar-refractivity contribution in [1.29, 1.82) is 0 Å². The zero-order valence-electron chi connectivity index (χ0n) is 16.2. The fraction of sp³-hybridized carbons (Fsp3) is 0.600. The van der Waals surface area contributed by atoms with Crippen molar-refractivity contribution in [3.05, 3.63) is 18.2 Å². The number of carbonyl (C=O) groups is 2. The average molecular weight is 360 g/mol. The fourth-order valence-electron chi connectivity index (χ4n) is 4.93. The molecule has 0 aromatic heterocycles. The van der Waals surface area contributed by atoms with Crippen LogP contribution in [0.2, 0.25) is 0 Å². The van der Waals surface area contributed by atoms with E-state index in [0.29, 0.717) is 23.7 Å². The van der Waals surface area contributed by atoms with Crippen molar-refractivity contribution in [1.82, 2.24) is 4.90 Å². The van der Waals surface area contributed by atoms with Crippen molar-refractivity contribution >= 4 is 17.5 Å². The van der Waals surface area contributed by atoms with Gasteiger partial charge in [-0.15, -0.1) is 0 Å². The van der Waals surface area contributed by atoms with Gasteiger partial charge >= 0.3 is 11.8 Å². The largest absolute Gasteiger partial charge is 0.493 e. The molecule has 1 saturated carbocycles. The third-order valence-corrected chi connectivity index (χ3v) is 5.51. The summed E-state index contributed by atoms with van der Waals surface area (Å²) in [7, 11) is 3.08. The van der Waals surface area contributed by atoms with Crippen LogP contribution in [0.1, 0.15) is 40.0 Å². The Kier molecular flexibility index (Phi) is 4.63. The van der Waals surface area contributed by atoms with E-state index >= 15 is 0 Å². The second kappa shape index (κ2) is 6.49. The third kappa shape index (κ3) is 3.50. The summed E-state index contributed by atoms with van der Waals surface area (Å²) in [6.07, 6.45) is 3.00. The molecule has 1 aliphatic carbocycles. The number of methoxy groups -OCH3 is 2. The quantitative estimate of drug-likeness (QED) is 0.841. The molecule has 1 N–H and O–H groups in total. The van der Waals surface area contributed by atoms with E-state index in [4.69, 9.17) is 9.47 Å². The number of benzene rings is 1. The molecular formula is C20H28N2O4. The van der Waals surface area contributed by atoms with E-state index < -0.39 is 11.8 Å². The number of nitrogens with one attached hydrogen (secondary N) is 1. The molecule has 1 heterocycles. The Morgan fingerprint density at radius 2 is 1.81 bits per heavy atom. The van der Waals surface area contributed by atoms with E-state index in [0.717, 1.165) is 19.3 Å². The molecule has 6 nitrogen and oxygen atoms in total. The number of anilines is 1. The fourth-order valence-corrected chi connectivity index (χ4v) is 4.93. The number of nitrogens with zero attached hydrogens (tertiary/aromatic N) is 1. The molecule has 2 aliphatic rings. The Hall–Kier alpha value is -2.24. The highest BCUT2D eigenvalue weighted by atomic mass is 16.5. The van der Waals surface area contributed by atoms with Crippen LogP contribution in [0.3, 0.4) is 0 Å². The zero-order valence-corrected chi connectivity index (χ0v) is 16.2. The number of amides is 2. The number of hydrogen-bond donors (Lipinski definition) is 1. The Morgan fingerprint density at radius 3 is 2.46 bits per heavy atom. The van der Waals surface area contributed by atoms with Crippen molar-refractivity contribution in [2.75, 3.05) is 26.1 Å². The van der Waals surface area contributed by atoms with E-state index in [2.05, 4.69) is 26.1 Å². The van der Waals surface area contributed by atoms with Gasteiger partial charge in [-0.3, -0.25) is 9.59 Å². The highest BCUT2D eigenvalue weighted by Gasteiger charge is 2.51. The topological polar surface area (TPSA) is 67.9 Å². The lowest BCUT2D eigenvalue weighted by atomic mass is 9.65. The van der Waals surface area contributed by atoms with E-state index in [1.54, 1.807) is 30.2 Å². The van der Waals surface area contributed by atoms with Crippen LogP contribution in [-0.2, 0) is 9.59 Å². The van der Waals surface area contributed by atoms with Crippen LogP contribution in [0.15, 0.2) is 18.2 Å². The molecule has 2 atom stereocenters. The molecule has 142 valence electrons. The van der Waals surface area contributed by atoms with Gasteiger partial charge in [-0.1, -0.05) is 20.8 Å². The van der Waals surface area contributed by atoms with Gasteiger partial charge in [-0.2, -0.15) is 0 Å². The number of rotatable bonds is 3. The summed E-state index contributed by atoms with van der Waals surface area (Å²) < 4.78 is 10.4. The van der Waals surface area contributed by atoms with Crippen LogP contribution in [0.4, 0.5) is 5.69 Å². The van der Waals surface area contributed by atoms with Gasteiger partial charge in [0.2, 0.25) is 0 Å². The molecule has 2 amide bonds. The summed E-state index contributed by atoms with van der Waals surface area (Å²) in [4.78, 5) is 27.1. The van der Waals surface area contributed by atoms with Crippen molar-refractivity contribution in [2.24, 2.45) is 10.8 Å². The number of carbonyl (C=O) groups excluding carboxylic acids is 2. The van der Waals surface area contributed by atoms with E-state index in [-0.39, 0.29) is 16.9 Å². The zero-order chi connectivity index (χ0) is 19.1. The van der Waals surface area contributed by atoms with Crippen LogP contribution < -0.4 is 14.8 Å². The van der Waals surface area contributed by atoms with E-state index in [1.165, 1.54) is 7.11 Å². The Balaban J connectivity index is 1.72. The summed E-state index contributed by atoms with van der Waals surface area (Å²) in [6.45, 7) is 7.36.